The lowest BCUT2D eigenvalue weighted by Crippen LogP contribution is -2.57. The Morgan fingerprint density at radius 3 is 2.70 bits per heavy atom. The summed E-state index contributed by atoms with van der Waals surface area (Å²) in [4.78, 5) is 0. The molecule has 3 nitrogen and oxygen atoms in total. The molecule has 0 aromatic heterocycles. The molecule has 0 amide bonds. The Balaban J connectivity index is 2.13. The minimum Gasteiger partial charge on any atom is -0.313 e. The summed E-state index contributed by atoms with van der Waals surface area (Å²) in [7, 11) is 0. The van der Waals surface area contributed by atoms with Crippen LogP contribution in [0.3, 0.4) is 0 Å². The highest BCUT2D eigenvalue weighted by Gasteiger charge is 2.10. The molecular weight excluding hydrogens is 126 g/mol. The highest BCUT2D eigenvalue weighted by atomic mass is 15.2. The van der Waals surface area contributed by atoms with Gasteiger partial charge in [0.15, 0.2) is 0 Å². The van der Waals surface area contributed by atoms with E-state index in [4.69, 9.17) is 0 Å². The van der Waals surface area contributed by atoms with Gasteiger partial charge in [-0.1, -0.05) is 0 Å². The summed E-state index contributed by atoms with van der Waals surface area (Å²) < 4.78 is 0. The van der Waals surface area contributed by atoms with Gasteiger partial charge in [0, 0.05) is 25.7 Å². The Kier molecular flexibility index (Phi) is 3.12. The second-order valence-electron chi connectivity index (χ2n) is 3.03. The van der Waals surface area contributed by atoms with Crippen molar-refractivity contribution in [1.29, 1.82) is 0 Å². The van der Waals surface area contributed by atoms with Gasteiger partial charge >= 0.3 is 0 Å². The van der Waals surface area contributed by atoms with Gasteiger partial charge in [0.05, 0.1) is 6.17 Å². The summed E-state index contributed by atoms with van der Waals surface area (Å²) in [5.74, 6) is 0. The second-order valence-corrected chi connectivity index (χ2v) is 3.03. The van der Waals surface area contributed by atoms with Gasteiger partial charge in [0.25, 0.3) is 0 Å². The van der Waals surface area contributed by atoms with Crippen LogP contribution in [0.2, 0.25) is 0 Å². The summed E-state index contributed by atoms with van der Waals surface area (Å²) in [6.45, 7) is 7.53. The molecule has 60 valence electrons. The first-order valence-electron chi connectivity index (χ1n) is 3.99. The first-order valence-corrected chi connectivity index (χ1v) is 3.99. The first-order chi connectivity index (χ1) is 4.79. The molecule has 1 heterocycles. The predicted octanol–water partition coefficient (Wildman–Crippen LogP) is -0.497. The van der Waals surface area contributed by atoms with E-state index in [1.54, 1.807) is 0 Å². The van der Waals surface area contributed by atoms with Crippen molar-refractivity contribution in [3.05, 3.63) is 0 Å². The third-order valence-corrected chi connectivity index (χ3v) is 1.58. The maximum Gasteiger partial charge on any atom is 0.0702 e. The summed E-state index contributed by atoms with van der Waals surface area (Å²) in [6, 6.07) is 0.567. The Bertz CT molecular complexity index is 86.9. The number of piperazine rings is 1. The van der Waals surface area contributed by atoms with Gasteiger partial charge in [-0.05, 0) is 13.8 Å². The third kappa shape index (κ3) is 2.64. The zero-order chi connectivity index (χ0) is 7.40. The van der Waals surface area contributed by atoms with Crippen LogP contribution in [0.1, 0.15) is 13.8 Å². The van der Waals surface area contributed by atoms with Gasteiger partial charge in [0.1, 0.15) is 0 Å². The van der Waals surface area contributed by atoms with Crippen molar-refractivity contribution >= 4 is 0 Å². The Morgan fingerprint density at radius 1 is 1.40 bits per heavy atom. The van der Waals surface area contributed by atoms with Crippen molar-refractivity contribution in [2.45, 2.75) is 26.1 Å². The molecule has 0 aromatic carbocycles. The standard InChI is InChI=1S/C7H17N3/c1-6(2)10-7-5-8-3-4-9-7/h6-10H,3-5H2,1-2H3. The molecule has 1 atom stereocenters. The molecule has 1 unspecified atom stereocenters. The van der Waals surface area contributed by atoms with Crippen molar-refractivity contribution in [2.24, 2.45) is 0 Å². The van der Waals surface area contributed by atoms with Gasteiger partial charge < -0.3 is 5.32 Å². The van der Waals surface area contributed by atoms with Crippen LogP contribution in [-0.4, -0.2) is 31.8 Å². The summed E-state index contributed by atoms with van der Waals surface area (Å²) in [5, 5.41) is 10.1. The highest BCUT2D eigenvalue weighted by Crippen LogP contribution is 1.85. The minimum absolute atomic E-state index is 0.466. The summed E-state index contributed by atoms with van der Waals surface area (Å²) in [5.41, 5.74) is 0. The maximum atomic E-state index is 3.41. The first kappa shape index (κ1) is 7.98. The molecule has 1 saturated heterocycles. The molecule has 1 fully saturated rings. The van der Waals surface area contributed by atoms with E-state index in [1.165, 1.54) is 0 Å². The van der Waals surface area contributed by atoms with Crippen molar-refractivity contribution in [3.8, 4) is 0 Å². The molecule has 1 aliphatic rings. The van der Waals surface area contributed by atoms with Crippen molar-refractivity contribution < 1.29 is 0 Å². The molecule has 10 heavy (non-hydrogen) atoms. The molecule has 0 aromatic rings. The molecule has 0 radical (unpaired) electrons. The number of hydrogen-bond acceptors (Lipinski definition) is 3. The molecule has 0 aliphatic carbocycles. The van der Waals surface area contributed by atoms with Gasteiger partial charge in [-0.3, -0.25) is 10.6 Å². The van der Waals surface area contributed by atoms with Crippen molar-refractivity contribution in [1.82, 2.24) is 16.0 Å². The van der Waals surface area contributed by atoms with E-state index >= 15 is 0 Å². The van der Waals surface area contributed by atoms with Crippen LogP contribution >= 0.6 is 0 Å². The quantitative estimate of drug-likeness (QED) is 0.488. The Morgan fingerprint density at radius 2 is 2.20 bits per heavy atom. The van der Waals surface area contributed by atoms with E-state index in [0.717, 1.165) is 19.6 Å². The van der Waals surface area contributed by atoms with E-state index in [2.05, 4.69) is 29.8 Å². The average molecular weight is 143 g/mol. The van der Waals surface area contributed by atoms with E-state index in [-0.39, 0.29) is 0 Å². The lowest BCUT2D eigenvalue weighted by atomic mass is 10.3. The number of nitrogens with one attached hydrogen (secondary N) is 3. The van der Waals surface area contributed by atoms with Gasteiger partial charge in [-0.15, -0.1) is 0 Å². The average Bonchev–Trinajstić information content (AvgIpc) is 1.88. The van der Waals surface area contributed by atoms with Gasteiger partial charge in [-0.25, -0.2) is 0 Å². The Labute approximate surface area is 62.6 Å². The molecule has 0 bridgehead atoms. The lowest BCUT2D eigenvalue weighted by molar-refractivity contribution is 0.339. The van der Waals surface area contributed by atoms with Crippen LogP contribution in [0.4, 0.5) is 0 Å². The predicted molar refractivity (Wildman–Crippen MR) is 42.9 cm³/mol. The van der Waals surface area contributed by atoms with Crippen LogP contribution < -0.4 is 16.0 Å². The maximum absolute atomic E-state index is 3.41. The molecule has 3 heteroatoms. The highest BCUT2D eigenvalue weighted by molar-refractivity contribution is 4.74. The fourth-order valence-corrected chi connectivity index (χ4v) is 1.17. The van der Waals surface area contributed by atoms with Crippen molar-refractivity contribution in [3.63, 3.8) is 0 Å². The van der Waals surface area contributed by atoms with E-state index in [0.29, 0.717) is 12.2 Å². The van der Waals surface area contributed by atoms with E-state index in [9.17, 15) is 0 Å². The molecule has 3 N–H and O–H groups in total. The third-order valence-electron chi connectivity index (χ3n) is 1.58. The van der Waals surface area contributed by atoms with Crippen LogP contribution in [0, 0.1) is 0 Å². The number of rotatable bonds is 2. The van der Waals surface area contributed by atoms with Gasteiger partial charge in [-0.2, -0.15) is 0 Å². The fourth-order valence-electron chi connectivity index (χ4n) is 1.17. The van der Waals surface area contributed by atoms with E-state index < -0.39 is 0 Å². The van der Waals surface area contributed by atoms with Crippen LogP contribution in [0.5, 0.6) is 0 Å². The molecule has 1 rings (SSSR count). The van der Waals surface area contributed by atoms with E-state index in [1.807, 2.05) is 0 Å². The fraction of sp³-hybridized carbons (Fsp3) is 1.00. The second kappa shape index (κ2) is 3.91. The SMILES string of the molecule is CC(C)NC1CNCCN1. The smallest absolute Gasteiger partial charge is 0.0702 e. The zero-order valence-electron chi connectivity index (χ0n) is 6.78. The summed E-state index contributed by atoms with van der Waals surface area (Å²) >= 11 is 0. The monoisotopic (exact) mass is 143 g/mol. The molecular formula is C7H17N3. The summed E-state index contributed by atoms with van der Waals surface area (Å²) in [6.07, 6.45) is 0.466. The topological polar surface area (TPSA) is 36.1 Å². The minimum atomic E-state index is 0.466. The zero-order valence-corrected chi connectivity index (χ0v) is 6.78. The van der Waals surface area contributed by atoms with Crippen LogP contribution in [-0.2, 0) is 0 Å². The molecule has 0 saturated carbocycles. The molecule has 0 spiro atoms. The van der Waals surface area contributed by atoms with Gasteiger partial charge in [0.2, 0.25) is 0 Å². The largest absolute Gasteiger partial charge is 0.313 e. The normalized spacial score (nSPS) is 27.3. The Hall–Kier alpha value is -0.120. The molecule has 1 aliphatic heterocycles. The van der Waals surface area contributed by atoms with Crippen LogP contribution in [0.25, 0.3) is 0 Å². The van der Waals surface area contributed by atoms with Crippen molar-refractivity contribution in [2.75, 3.05) is 19.6 Å². The number of hydrogen-bond donors (Lipinski definition) is 3. The van der Waals surface area contributed by atoms with Crippen LogP contribution in [0.15, 0.2) is 0 Å². The lowest BCUT2D eigenvalue weighted by Gasteiger charge is -2.27.